The zero-order valence-corrected chi connectivity index (χ0v) is 82.0. The molecule has 5 aliphatic heterocycles. The molecule has 21 rings (SSSR count). The maximum absolute atomic E-state index is 13.2. The number of aromatic nitrogens is 5. The molecule has 30 nitrogen and oxygen atoms in total. The SMILES string of the molecule is CC1(c2ccccc2)CC(=O)N(c2ccc(NC(=O)c3ccccn3)cc2Cl)C1=O.O=C(Nc1ccc(N2C(=O)C3=C(C2=O)c2ccccc2CC3)c(Cl)c1)c1ccccn1.O=C(Nc1ccc(N2C(=O)CC3(CCCCC3)C2=O)c(Cl)c1)c1ccccn1.O=C(Nc1ccc(N2C(=O)CC3(CCCCC3)CC2=O)c(Cl)c1)c1ccccn1.O=C(Nc1ccc(N2C(=O)Cc3ccccc3C2=O)c(Cl)c1)c1ccccn1. The van der Waals surface area contributed by atoms with Crippen molar-refractivity contribution in [1.82, 2.24) is 24.9 Å². The Labute approximate surface area is 862 Å². The molecule has 10 heterocycles. The van der Waals surface area contributed by atoms with Crippen LogP contribution in [0.25, 0.3) is 5.57 Å². The van der Waals surface area contributed by atoms with Gasteiger partial charge in [0, 0.05) is 96.2 Å². The zero-order valence-electron chi connectivity index (χ0n) is 78.2. The lowest BCUT2D eigenvalue weighted by atomic mass is 9.67. The molecule has 35 heteroatoms. The number of hydrogen-bond donors (Lipinski definition) is 5. The monoisotopic (exact) mass is 2050 g/mol. The van der Waals surface area contributed by atoms with Gasteiger partial charge in [0.05, 0.1) is 76.4 Å². The van der Waals surface area contributed by atoms with Gasteiger partial charge in [-0.05, 0) is 231 Å². The number of fused-ring (bicyclic) bond motifs is 3. The molecule has 8 aliphatic rings. The molecule has 8 aromatic carbocycles. The third kappa shape index (κ3) is 22.0. The molecule has 734 valence electrons. The van der Waals surface area contributed by atoms with E-state index in [2.05, 4.69) is 51.5 Å². The summed E-state index contributed by atoms with van der Waals surface area (Å²) in [6.45, 7) is 1.76. The first-order valence-corrected chi connectivity index (χ1v) is 48.8. The molecule has 0 bridgehead atoms. The highest BCUT2D eigenvalue weighted by molar-refractivity contribution is 6.48. The van der Waals surface area contributed by atoms with Gasteiger partial charge in [-0.2, -0.15) is 0 Å². The van der Waals surface area contributed by atoms with Crippen LogP contribution in [-0.4, -0.2) is 114 Å². The van der Waals surface area contributed by atoms with E-state index >= 15 is 0 Å². The van der Waals surface area contributed by atoms with Crippen LogP contribution in [0.5, 0.6) is 0 Å². The van der Waals surface area contributed by atoms with Crippen molar-refractivity contribution in [2.75, 3.05) is 51.1 Å². The average Bonchev–Trinajstić information content (AvgIpc) is 1.59. The van der Waals surface area contributed by atoms with Crippen molar-refractivity contribution in [1.29, 1.82) is 0 Å². The number of anilines is 10. The van der Waals surface area contributed by atoms with Crippen LogP contribution in [0.3, 0.4) is 0 Å². The summed E-state index contributed by atoms with van der Waals surface area (Å²) >= 11 is 31.9. The van der Waals surface area contributed by atoms with E-state index in [1.165, 1.54) is 65.4 Å². The largest absolute Gasteiger partial charge is 0.321 e. The Hall–Kier alpha value is -16.3. The van der Waals surface area contributed by atoms with Gasteiger partial charge in [-0.25, -0.2) is 24.5 Å². The molecule has 0 radical (unpaired) electrons. The van der Waals surface area contributed by atoms with Gasteiger partial charge in [0.25, 0.3) is 47.3 Å². The number of benzene rings is 8. The molecule has 5 fully saturated rings. The molecule has 3 saturated heterocycles. The molecule has 1 atom stereocenters. The Morgan fingerprint density at radius 1 is 0.295 bits per heavy atom. The number of piperidine rings is 1. The highest BCUT2D eigenvalue weighted by Crippen LogP contribution is 2.51. The Bertz CT molecular complexity index is 7410. The van der Waals surface area contributed by atoms with Crippen molar-refractivity contribution < 1.29 is 71.9 Å². The van der Waals surface area contributed by atoms with Crippen molar-refractivity contribution in [2.24, 2.45) is 10.8 Å². The maximum atomic E-state index is 13.2. The number of imide groups is 5. The van der Waals surface area contributed by atoms with E-state index in [0.29, 0.717) is 99.1 Å². The first-order valence-electron chi connectivity index (χ1n) is 46.9. The number of rotatable bonds is 16. The fraction of sp³-hybridized carbons (Fsp3) is 0.189. The fourth-order valence-corrected chi connectivity index (χ4v) is 20.4. The number of halogens is 5. The van der Waals surface area contributed by atoms with Gasteiger partial charge in [0.1, 0.15) is 28.5 Å². The second kappa shape index (κ2) is 44.3. The van der Waals surface area contributed by atoms with E-state index in [1.54, 1.807) is 195 Å². The van der Waals surface area contributed by atoms with Gasteiger partial charge in [-0.1, -0.05) is 200 Å². The molecule has 3 aliphatic carbocycles. The van der Waals surface area contributed by atoms with Gasteiger partial charge >= 0.3 is 0 Å². The Kier molecular flexibility index (Phi) is 30.7. The molecular weight excluding hydrogens is 1960 g/mol. The molecular formula is C111H90Cl5N15O15. The van der Waals surface area contributed by atoms with E-state index in [4.69, 9.17) is 58.0 Å². The smallest absolute Gasteiger partial charge is 0.274 e. The van der Waals surface area contributed by atoms with Crippen LogP contribution in [-0.2, 0) is 61.4 Å². The lowest BCUT2D eigenvalue weighted by Crippen LogP contribution is -2.49. The highest BCUT2D eigenvalue weighted by Gasteiger charge is 2.54. The summed E-state index contributed by atoms with van der Waals surface area (Å²) in [4.78, 5) is 216. The van der Waals surface area contributed by atoms with Gasteiger partial charge in [0.15, 0.2) is 0 Å². The number of pyridine rings is 5. The molecule has 2 saturated carbocycles. The van der Waals surface area contributed by atoms with E-state index < -0.39 is 16.7 Å². The first kappa shape index (κ1) is 101. The highest BCUT2D eigenvalue weighted by atomic mass is 35.5. The zero-order chi connectivity index (χ0) is 103. The summed E-state index contributed by atoms with van der Waals surface area (Å²) in [6, 6.07) is 72.6. The van der Waals surface area contributed by atoms with E-state index in [0.717, 1.165) is 89.2 Å². The number of nitrogens with one attached hydrogen (secondary N) is 5. The summed E-state index contributed by atoms with van der Waals surface area (Å²) < 4.78 is 0. The Morgan fingerprint density at radius 3 is 1.03 bits per heavy atom. The Balaban J connectivity index is 0.000000125. The van der Waals surface area contributed by atoms with Crippen LogP contribution < -0.4 is 51.1 Å². The molecule has 13 aromatic rings. The Morgan fingerprint density at radius 2 is 0.630 bits per heavy atom. The van der Waals surface area contributed by atoms with Gasteiger partial charge in [0.2, 0.25) is 41.4 Å². The average molecular weight is 2050 g/mol. The third-order valence-electron chi connectivity index (χ3n) is 26.4. The van der Waals surface area contributed by atoms with Crippen molar-refractivity contribution in [2.45, 2.75) is 121 Å². The van der Waals surface area contributed by atoms with Crippen LogP contribution in [0.4, 0.5) is 56.9 Å². The predicted octanol–water partition coefficient (Wildman–Crippen LogP) is 21.0. The van der Waals surface area contributed by atoms with Gasteiger partial charge in [-0.15, -0.1) is 0 Å². The van der Waals surface area contributed by atoms with Crippen LogP contribution in [0, 0.1) is 10.8 Å². The fourth-order valence-electron chi connectivity index (χ4n) is 19.1. The minimum atomic E-state index is -0.951. The summed E-state index contributed by atoms with van der Waals surface area (Å²) in [5.74, 6) is -4.77. The van der Waals surface area contributed by atoms with Crippen LogP contribution in [0.1, 0.15) is 188 Å². The molecule has 5 N–H and O–H groups in total. The normalized spacial score (nSPS) is 16.8. The van der Waals surface area contributed by atoms with Crippen LogP contribution >= 0.6 is 58.0 Å². The number of nitrogens with zero attached hydrogens (tertiary/aromatic N) is 10. The second-order valence-corrected chi connectivity index (χ2v) is 38.0. The molecule has 1 unspecified atom stereocenters. The minimum Gasteiger partial charge on any atom is -0.321 e. The maximum Gasteiger partial charge on any atom is 0.274 e. The number of hydrogen-bond acceptors (Lipinski definition) is 20. The standard InChI is InChI=1S/C24H16ClN3O3.C23H18ClN3O3.C22H22ClN3O3.C21H20ClN3O3.C21H14ClN3O3/c25-18-13-15(27-22(29)19-7-3-4-12-26-19)9-11-20(18)28-23(30)17-10-8-14-5-1-2-6-16(14)21(17)24(28)31;1-23(15-7-3-2-4-8-15)14-20(28)27(22(23)30)19-11-10-16(13-17(19)24)26-21(29)18-9-5-6-12-25-18;23-16-12-15(25-21(29)17-6-2-5-11-24-17)7-8-18(16)26-19(27)13-22(14-20(26)28)9-3-1-4-10-22;22-15-12-14(24-19(27)16-6-2-5-11-23-16)7-8-17(15)25-18(26)13-21(20(25)28)9-3-1-4-10-21;22-16-12-14(24-20(27)17-7-3-4-10-23-17)8-9-18(16)25-19(26)11-13-5-1-2-6-15(13)21(25)28/h1-7,9,11-13H,8,10H2,(H,27,29);2-13H,14H2,1H3,(H,26,29);2,5-8,11-12H,1,3-4,9-10,13-14H2,(H,25,29);2,5-8,11-12H,1,3-4,9-10,13H2,(H,24,27);1-10,12H,11H2,(H,24,27). The van der Waals surface area contributed by atoms with Crippen molar-refractivity contribution in [3.63, 3.8) is 0 Å². The molecule has 146 heavy (non-hydrogen) atoms. The quantitative estimate of drug-likeness (QED) is 0.0561. The molecule has 2 spiro atoms. The van der Waals surface area contributed by atoms with Crippen molar-refractivity contribution in [3.8, 4) is 0 Å². The lowest BCUT2D eigenvalue weighted by Gasteiger charge is -2.42. The number of amides is 15. The van der Waals surface area contributed by atoms with Crippen LogP contribution in [0.15, 0.2) is 297 Å². The van der Waals surface area contributed by atoms with Crippen LogP contribution in [0.2, 0.25) is 25.1 Å². The summed E-state index contributed by atoms with van der Waals surface area (Å²) in [6.07, 6.45) is 19.8. The van der Waals surface area contributed by atoms with Gasteiger partial charge < -0.3 is 26.6 Å². The lowest BCUT2D eigenvalue weighted by molar-refractivity contribution is -0.135. The molecule has 15 amide bonds. The summed E-state index contributed by atoms with van der Waals surface area (Å²) in [5, 5.41) is 14.6. The second-order valence-electron chi connectivity index (χ2n) is 36.0. The predicted molar refractivity (Wildman–Crippen MR) is 555 cm³/mol. The third-order valence-corrected chi connectivity index (χ3v) is 27.9. The van der Waals surface area contributed by atoms with E-state index in [9.17, 15) is 71.9 Å². The van der Waals surface area contributed by atoms with Crippen molar-refractivity contribution >= 4 is 209 Å². The van der Waals surface area contributed by atoms with Crippen molar-refractivity contribution in [3.05, 3.63) is 379 Å². The van der Waals surface area contributed by atoms with E-state index in [1.807, 2.05) is 54.6 Å². The number of carbonyl (C=O) groups is 15. The van der Waals surface area contributed by atoms with Gasteiger partial charge in [-0.3, -0.25) is 96.8 Å². The van der Waals surface area contributed by atoms with E-state index in [-0.39, 0.29) is 167 Å². The minimum absolute atomic E-state index is 0.0599. The summed E-state index contributed by atoms with van der Waals surface area (Å²) in [7, 11) is 0. The first-order chi connectivity index (χ1) is 70.5. The number of aryl methyl sites for hydroxylation is 1. The molecule has 5 aromatic heterocycles. The number of carbonyl (C=O) groups excluding carboxylic acids is 15. The summed E-state index contributed by atoms with van der Waals surface area (Å²) in [5.41, 5.74) is 8.31. The topological polar surface area (TPSA) is 397 Å².